The lowest BCUT2D eigenvalue weighted by atomic mass is 10.2. The van der Waals surface area contributed by atoms with Gasteiger partial charge >= 0.3 is 6.36 Å². The molecule has 0 amide bonds. The number of nitrogens with zero attached hydrogens (tertiary/aromatic N) is 2. The van der Waals surface area contributed by atoms with Crippen LogP contribution in [0.25, 0.3) is 0 Å². The van der Waals surface area contributed by atoms with Crippen molar-refractivity contribution in [2.45, 2.75) is 17.8 Å². The van der Waals surface area contributed by atoms with E-state index in [2.05, 4.69) is 4.74 Å². The van der Waals surface area contributed by atoms with Gasteiger partial charge in [-0.2, -0.15) is 4.31 Å². The van der Waals surface area contributed by atoms with Crippen LogP contribution in [0.15, 0.2) is 53.4 Å². The Morgan fingerprint density at radius 3 is 2.08 bits per heavy atom. The number of para-hydroxylation sites is 1. The molecule has 0 saturated heterocycles. The molecule has 0 spiro atoms. The van der Waals surface area contributed by atoms with Crippen molar-refractivity contribution < 1.29 is 26.3 Å². The largest absolute Gasteiger partial charge is 0.573 e. The minimum atomic E-state index is -4.98. The first-order valence-corrected chi connectivity index (χ1v) is 9.02. The van der Waals surface area contributed by atoms with E-state index >= 15 is 0 Å². The first-order valence-electron chi connectivity index (χ1n) is 7.58. The van der Waals surface area contributed by atoms with Crippen LogP contribution in [0.4, 0.5) is 18.9 Å². The molecule has 0 aromatic heterocycles. The number of anilines is 1. The van der Waals surface area contributed by atoms with E-state index in [1.165, 1.54) is 19.2 Å². The maximum Gasteiger partial charge on any atom is 0.573 e. The van der Waals surface area contributed by atoms with E-state index in [1.807, 2.05) is 31.1 Å². The lowest BCUT2D eigenvalue weighted by Gasteiger charge is -2.20. The highest BCUT2D eigenvalue weighted by Gasteiger charge is 2.34. The Morgan fingerprint density at radius 1 is 0.962 bits per heavy atom. The SMILES string of the molecule is CN(C)c1ccc(CN(C)S(=O)(=O)c2ccccc2OC(F)(F)F)cc1. The van der Waals surface area contributed by atoms with Crippen molar-refractivity contribution in [1.29, 1.82) is 0 Å². The number of rotatable bonds is 6. The van der Waals surface area contributed by atoms with Gasteiger partial charge in [-0.15, -0.1) is 13.2 Å². The molecule has 0 aliphatic carbocycles. The molecule has 0 bridgehead atoms. The molecule has 0 unspecified atom stereocenters. The van der Waals surface area contributed by atoms with Gasteiger partial charge in [0, 0.05) is 33.4 Å². The summed E-state index contributed by atoms with van der Waals surface area (Å²) >= 11 is 0. The highest BCUT2D eigenvalue weighted by Crippen LogP contribution is 2.31. The summed E-state index contributed by atoms with van der Waals surface area (Å²) in [5, 5.41) is 0. The first-order chi connectivity index (χ1) is 12.0. The van der Waals surface area contributed by atoms with Gasteiger partial charge in [-0.25, -0.2) is 8.42 Å². The van der Waals surface area contributed by atoms with Crippen LogP contribution in [0.1, 0.15) is 5.56 Å². The average molecular weight is 388 g/mol. The van der Waals surface area contributed by atoms with Crippen molar-refractivity contribution in [3.63, 3.8) is 0 Å². The van der Waals surface area contributed by atoms with Gasteiger partial charge in [0.05, 0.1) is 0 Å². The second-order valence-corrected chi connectivity index (χ2v) is 7.83. The molecule has 9 heteroatoms. The van der Waals surface area contributed by atoms with Crippen LogP contribution < -0.4 is 9.64 Å². The molecule has 142 valence electrons. The summed E-state index contributed by atoms with van der Waals surface area (Å²) in [6.07, 6.45) is -4.98. The minimum absolute atomic E-state index is 0.0103. The van der Waals surface area contributed by atoms with Gasteiger partial charge in [-0.05, 0) is 29.8 Å². The number of benzene rings is 2. The van der Waals surface area contributed by atoms with E-state index < -0.39 is 27.0 Å². The monoisotopic (exact) mass is 388 g/mol. The van der Waals surface area contributed by atoms with Gasteiger partial charge in [0.1, 0.15) is 10.6 Å². The molecule has 0 saturated carbocycles. The smallest absolute Gasteiger partial charge is 0.404 e. The molecule has 2 aromatic rings. The van der Waals surface area contributed by atoms with Crippen LogP contribution >= 0.6 is 0 Å². The summed E-state index contributed by atoms with van der Waals surface area (Å²) in [7, 11) is 0.893. The second kappa shape index (κ2) is 7.55. The third-order valence-electron chi connectivity index (χ3n) is 3.62. The van der Waals surface area contributed by atoms with Gasteiger partial charge in [0.25, 0.3) is 0 Å². The van der Waals surface area contributed by atoms with E-state index in [4.69, 9.17) is 0 Å². The molecule has 0 aliphatic heterocycles. The summed E-state index contributed by atoms with van der Waals surface area (Å²) in [6, 6.07) is 11.9. The zero-order valence-corrected chi connectivity index (χ0v) is 15.3. The van der Waals surface area contributed by atoms with Crippen LogP contribution in [-0.2, 0) is 16.6 Å². The normalized spacial score (nSPS) is 12.3. The molecule has 0 fully saturated rings. The van der Waals surface area contributed by atoms with Gasteiger partial charge in [0.15, 0.2) is 0 Å². The number of alkyl halides is 3. The lowest BCUT2D eigenvalue weighted by Crippen LogP contribution is -2.28. The fraction of sp³-hybridized carbons (Fsp3) is 0.294. The Balaban J connectivity index is 2.27. The molecule has 0 heterocycles. The predicted molar refractivity (Wildman–Crippen MR) is 92.5 cm³/mol. The highest BCUT2D eigenvalue weighted by atomic mass is 32.2. The Kier molecular flexibility index (Phi) is 5.82. The zero-order valence-electron chi connectivity index (χ0n) is 14.5. The molecule has 0 atom stereocenters. The number of ether oxygens (including phenoxy) is 1. The summed E-state index contributed by atoms with van der Waals surface area (Å²) in [5.74, 6) is -0.755. The number of halogens is 3. The average Bonchev–Trinajstić information content (AvgIpc) is 2.54. The van der Waals surface area contributed by atoms with Crippen LogP contribution in [0.2, 0.25) is 0 Å². The first kappa shape index (κ1) is 20.1. The summed E-state index contributed by atoms with van der Waals surface area (Å²) < 4.78 is 67.8. The Hall–Kier alpha value is -2.26. The van der Waals surface area contributed by atoms with E-state index in [0.717, 1.165) is 22.1 Å². The van der Waals surface area contributed by atoms with Gasteiger partial charge < -0.3 is 9.64 Å². The second-order valence-electron chi connectivity index (χ2n) is 5.82. The van der Waals surface area contributed by atoms with Crippen LogP contribution in [0.5, 0.6) is 5.75 Å². The van der Waals surface area contributed by atoms with Crippen LogP contribution in [0, 0.1) is 0 Å². The van der Waals surface area contributed by atoms with Crippen molar-refractivity contribution in [2.75, 3.05) is 26.0 Å². The standard InChI is InChI=1S/C17H19F3N2O3S/c1-21(2)14-10-8-13(9-11-14)12-22(3)26(23,24)16-7-5-4-6-15(16)25-17(18,19)20/h4-11H,12H2,1-3H3. The van der Waals surface area contributed by atoms with Crippen molar-refractivity contribution in [2.24, 2.45) is 0 Å². The zero-order chi connectivity index (χ0) is 19.5. The van der Waals surface area contributed by atoms with Gasteiger partial charge in [-0.1, -0.05) is 24.3 Å². The number of hydrogen-bond donors (Lipinski definition) is 0. The molecule has 2 aromatic carbocycles. The molecule has 0 radical (unpaired) electrons. The third-order valence-corrected chi connectivity index (χ3v) is 5.46. The van der Waals surface area contributed by atoms with Crippen molar-refractivity contribution in [1.82, 2.24) is 4.31 Å². The minimum Gasteiger partial charge on any atom is -0.404 e. The molecule has 0 aliphatic rings. The molecular weight excluding hydrogens is 369 g/mol. The van der Waals surface area contributed by atoms with E-state index in [1.54, 1.807) is 12.1 Å². The molecular formula is C17H19F3N2O3S. The molecule has 26 heavy (non-hydrogen) atoms. The lowest BCUT2D eigenvalue weighted by molar-refractivity contribution is -0.275. The van der Waals surface area contributed by atoms with Crippen LogP contribution in [-0.4, -0.2) is 40.2 Å². The van der Waals surface area contributed by atoms with Crippen molar-refractivity contribution >= 4 is 15.7 Å². The Labute approximate surface area is 150 Å². The third kappa shape index (κ3) is 4.89. The Morgan fingerprint density at radius 2 is 1.54 bits per heavy atom. The topological polar surface area (TPSA) is 49.9 Å². The molecule has 0 N–H and O–H groups in total. The van der Waals surface area contributed by atoms with E-state index in [-0.39, 0.29) is 6.54 Å². The number of sulfonamides is 1. The Bertz CT molecular complexity index is 850. The van der Waals surface area contributed by atoms with Gasteiger partial charge in [-0.3, -0.25) is 0 Å². The predicted octanol–water partition coefficient (Wildman–Crippen LogP) is 3.47. The molecule has 2 rings (SSSR count). The highest BCUT2D eigenvalue weighted by molar-refractivity contribution is 7.89. The van der Waals surface area contributed by atoms with Gasteiger partial charge in [0.2, 0.25) is 10.0 Å². The van der Waals surface area contributed by atoms with Crippen LogP contribution in [0.3, 0.4) is 0 Å². The van der Waals surface area contributed by atoms with E-state index in [9.17, 15) is 21.6 Å². The van der Waals surface area contributed by atoms with Crippen molar-refractivity contribution in [3.8, 4) is 5.75 Å². The van der Waals surface area contributed by atoms with E-state index in [0.29, 0.717) is 5.56 Å². The summed E-state index contributed by atoms with van der Waals surface area (Å²) in [4.78, 5) is 1.36. The maximum absolute atomic E-state index is 12.7. The maximum atomic E-state index is 12.7. The summed E-state index contributed by atoms with van der Waals surface area (Å²) in [6.45, 7) is 0.0103. The summed E-state index contributed by atoms with van der Waals surface area (Å²) in [5.41, 5.74) is 1.65. The molecule has 5 nitrogen and oxygen atoms in total. The fourth-order valence-corrected chi connectivity index (χ4v) is 3.55. The number of hydrogen-bond acceptors (Lipinski definition) is 4. The van der Waals surface area contributed by atoms with Crippen molar-refractivity contribution in [3.05, 3.63) is 54.1 Å². The fourth-order valence-electron chi connectivity index (χ4n) is 2.28. The quantitative estimate of drug-likeness (QED) is 0.760.